The molecule has 1 aromatic carbocycles. The third-order valence-electron chi connectivity index (χ3n) is 3.22. The van der Waals surface area contributed by atoms with Crippen LogP contribution in [0, 0.1) is 5.92 Å². The van der Waals surface area contributed by atoms with Crippen LogP contribution >= 0.6 is 27.7 Å². The molecule has 1 aromatic rings. The van der Waals surface area contributed by atoms with E-state index in [0.29, 0.717) is 11.3 Å². The Labute approximate surface area is 110 Å². The molecule has 0 heterocycles. The van der Waals surface area contributed by atoms with Crippen molar-refractivity contribution in [3.8, 4) is 0 Å². The van der Waals surface area contributed by atoms with Gasteiger partial charge < -0.3 is 5.73 Å². The fourth-order valence-corrected chi connectivity index (χ4v) is 4.16. The molecule has 2 rings (SSSR count). The Morgan fingerprint density at radius 2 is 2.06 bits per heavy atom. The van der Waals surface area contributed by atoms with Crippen LogP contribution in [0.3, 0.4) is 0 Å². The molecule has 0 spiro atoms. The number of hydrogen-bond acceptors (Lipinski definition) is 2. The van der Waals surface area contributed by atoms with Gasteiger partial charge >= 0.3 is 0 Å². The number of benzene rings is 1. The van der Waals surface area contributed by atoms with Gasteiger partial charge in [-0.2, -0.15) is 0 Å². The van der Waals surface area contributed by atoms with Gasteiger partial charge in [-0.1, -0.05) is 19.1 Å². The van der Waals surface area contributed by atoms with E-state index in [2.05, 4.69) is 47.1 Å². The van der Waals surface area contributed by atoms with Gasteiger partial charge in [0.2, 0.25) is 0 Å². The first-order valence-electron chi connectivity index (χ1n) is 5.83. The summed E-state index contributed by atoms with van der Waals surface area (Å²) in [5.74, 6) is 0.819. The normalized spacial score (nSPS) is 30.3. The third kappa shape index (κ3) is 3.02. The van der Waals surface area contributed by atoms with Crippen LogP contribution in [0.2, 0.25) is 0 Å². The zero-order valence-corrected chi connectivity index (χ0v) is 11.9. The Morgan fingerprint density at radius 1 is 1.31 bits per heavy atom. The quantitative estimate of drug-likeness (QED) is 0.891. The van der Waals surface area contributed by atoms with Crippen molar-refractivity contribution in [2.45, 2.75) is 42.4 Å². The average molecular weight is 300 g/mol. The lowest BCUT2D eigenvalue weighted by atomic mass is 9.87. The zero-order valence-electron chi connectivity index (χ0n) is 9.53. The molecule has 0 radical (unpaired) electrons. The van der Waals surface area contributed by atoms with Gasteiger partial charge in [-0.25, -0.2) is 0 Å². The average Bonchev–Trinajstić information content (AvgIpc) is 2.27. The Balaban J connectivity index is 2.06. The van der Waals surface area contributed by atoms with E-state index in [0.717, 1.165) is 5.92 Å². The van der Waals surface area contributed by atoms with E-state index in [-0.39, 0.29) is 0 Å². The molecule has 1 aliphatic carbocycles. The van der Waals surface area contributed by atoms with Crippen LogP contribution in [0.15, 0.2) is 33.6 Å². The number of rotatable bonds is 2. The van der Waals surface area contributed by atoms with E-state index in [1.165, 1.54) is 28.6 Å². The van der Waals surface area contributed by atoms with Crippen LogP contribution < -0.4 is 5.73 Å². The summed E-state index contributed by atoms with van der Waals surface area (Å²) in [7, 11) is 0. The van der Waals surface area contributed by atoms with E-state index in [9.17, 15) is 0 Å². The molecular formula is C13H18BrNS. The van der Waals surface area contributed by atoms with Crippen molar-refractivity contribution in [3.05, 3.63) is 28.7 Å². The SMILES string of the molecule is CC1CCC(N)C(Sc2ccccc2Br)C1. The van der Waals surface area contributed by atoms with Gasteiger partial charge in [-0.15, -0.1) is 11.8 Å². The maximum atomic E-state index is 6.20. The van der Waals surface area contributed by atoms with Crippen LogP contribution in [0.4, 0.5) is 0 Å². The van der Waals surface area contributed by atoms with Gasteiger partial charge in [0.25, 0.3) is 0 Å². The molecular weight excluding hydrogens is 282 g/mol. The van der Waals surface area contributed by atoms with Crippen molar-refractivity contribution in [1.29, 1.82) is 0 Å². The summed E-state index contributed by atoms with van der Waals surface area (Å²) in [4.78, 5) is 1.32. The van der Waals surface area contributed by atoms with Gasteiger partial charge in [0.1, 0.15) is 0 Å². The Hall–Kier alpha value is 0.01000. The van der Waals surface area contributed by atoms with E-state index in [4.69, 9.17) is 5.73 Å². The van der Waals surface area contributed by atoms with Crippen LogP contribution in [-0.4, -0.2) is 11.3 Å². The highest BCUT2D eigenvalue weighted by Gasteiger charge is 2.27. The maximum Gasteiger partial charge on any atom is 0.0311 e. The van der Waals surface area contributed by atoms with E-state index >= 15 is 0 Å². The van der Waals surface area contributed by atoms with Crippen molar-refractivity contribution in [1.82, 2.24) is 0 Å². The van der Waals surface area contributed by atoms with Crippen molar-refractivity contribution in [2.75, 3.05) is 0 Å². The van der Waals surface area contributed by atoms with Crippen LogP contribution in [0.5, 0.6) is 0 Å². The minimum atomic E-state index is 0.355. The summed E-state index contributed by atoms with van der Waals surface area (Å²) in [6.45, 7) is 2.33. The molecule has 0 aromatic heterocycles. The third-order valence-corrected chi connectivity index (χ3v) is 5.63. The summed E-state index contributed by atoms with van der Waals surface area (Å²) in [6.07, 6.45) is 3.70. The Morgan fingerprint density at radius 3 is 2.81 bits per heavy atom. The summed E-state index contributed by atoms with van der Waals surface area (Å²) in [5, 5.41) is 0.572. The highest BCUT2D eigenvalue weighted by Crippen LogP contribution is 2.38. The van der Waals surface area contributed by atoms with Gasteiger partial charge in [0, 0.05) is 20.7 Å². The molecule has 3 unspecified atom stereocenters. The van der Waals surface area contributed by atoms with Gasteiger partial charge in [-0.05, 0) is 53.2 Å². The standard InChI is InChI=1S/C13H18BrNS/c1-9-6-7-11(15)13(8-9)16-12-5-3-2-4-10(12)14/h2-5,9,11,13H,6-8,15H2,1H3. The second-order valence-corrected chi connectivity index (χ2v) is 6.80. The van der Waals surface area contributed by atoms with Crippen LogP contribution in [-0.2, 0) is 0 Å². The van der Waals surface area contributed by atoms with Crippen molar-refractivity contribution < 1.29 is 0 Å². The molecule has 1 saturated carbocycles. The molecule has 88 valence electrons. The zero-order chi connectivity index (χ0) is 11.5. The summed E-state index contributed by atoms with van der Waals surface area (Å²) in [6, 6.07) is 8.76. The first-order valence-corrected chi connectivity index (χ1v) is 7.51. The molecule has 0 aliphatic heterocycles. The fourth-order valence-electron chi connectivity index (χ4n) is 2.19. The second kappa shape index (κ2) is 5.56. The lowest BCUT2D eigenvalue weighted by Crippen LogP contribution is -2.37. The highest BCUT2D eigenvalue weighted by atomic mass is 79.9. The summed E-state index contributed by atoms with van der Waals surface area (Å²) in [5.41, 5.74) is 6.20. The summed E-state index contributed by atoms with van der Waals surface area (Å²) < 4.78 is 1.19. The van der Waals surface area contributed by atoms with E-state index in [1.54, 1.807) is 0 Å². The molecule has 1 nitrogen and oxygen atoms in total. The lowest BCUT2D eigenvalue weighted by Gasteiger charge is -2.32. The molecule has 16 heavy (non-hydrogen) atoms. The lowest BCUT2D eigenvalue weighted by molar-refractivity contribution is 0.357. The fraction of sp³-hybridized carbons (Fsp3) is 0.538. The topological polar surface area (TPSA) is 26.0 Å². The van der Waals surface area contributed by atoms with Gasteiger partial charge in [-0.3, -0.25) is 0 Å². The first-order chi connectivity index (χ1) is 7.66. The van der Waals surface area contributed by atoms with Crippen LogP contribution in [0.25, 0.3) is 0 Å². The largest absolute Gasteiger partial charge is 0.327 e. The summed E-state index contributed by atoms with van der Waals surface area (Å²) >= 11 is 5.53. The molecule has 3 atom stereocenters. The van der Waals surface area contributed by atoms with Crippen molar-refractivity contribution >= 4 is 27.7 Å². The van der Waals surface area contributed by atoms with Crippen molar-refractivity contribution in [2.24, 2.45) is 11.7 Å². The smallest absolute Gasteiger partial charge is 0.0311 e. The second-order valence-electron chi connectivity index (χ2n) is 4.67. The van der Waals surface area contributed by atoms with Gasteiger partial charge in [0.15, 0.2) is 0 Å². The first kappa shape index (κ1) is 12.5. The Kier molecular flexibility index (Phi) is 4.34. The van der Waals surface area contributed by atoms with Gasteiger partial charge in [0.05, 0.1) is 0 Å². The molecule has 1 fully saturated rings. The number of halogens is 1. The molecule has 1 aliphatic rings. The minimum absolute atomic E-state index is 0.355. The number of nitrogens with two attached hydrogens (primary N) is 1. The minimum Gasteiger partial charge on any atom is -0.327 e. The predicted molar refractivity (Wildman–Crippen MR) is 74.8 cm³/mol. The van der Waals surface area contributed by atoms with E-state index < -0.39 is 0 Å². The molecule has 0 amide bonds. The molecule has 0 saturated heterocycles. The molecule has 3 heteroatoms. The van der Waals surface area contributed by atoms with E-state index in [1.807, 2.05) is 11.8 Å². The highest BCUT2D eigenvalue weighted by molar-refractivity contribution is 9.10. The monoisotopic (exact) mass is 299 g/mol. The van der Waals surface area contributed by atoms with Crippen molar-refractivity contribution in [3.63, 3.8) is 0 Å². The number of thioether (sulfide) groups is 1. The molecule has 2 N–H and O–H groups in total. The Bertz CT molecular complexity index is 356. The maximum absolute atomic E-state index is 6.20. The predicted octanol–water partition coefficient (Wildman–Crippen LogP) is 4.06. The number of hydrogen-bond donors (Lipinski definition) is 1. The van der Waals surface area contributed by atoms with Crippen LogP contribution in [0.1, 0.15) is 26.2 Å². The molecule has 0 bridgehead atoms.